The topological polar surface area (TPSA) is 104 Å². The number of carbonyl (C=O) groups is 1. The van der Waals surface area contributed by atoms with Crippen LogP contribution in [0.2, 0.25) is 0 Å². The molecule has 0 radical (unpaired) electrons. The molecule has 2 rings (SSSR count). The summed E-state index contributed by atoms with van der Waals surface area (Å²) in [6.07, 6.45) is 0. The van der Waals surface area contributed by atoms with Crippen LogP contribution in [0.3, 0.4) is 0 Å². The van der Waals surface area contributed by atoms with E-state index in [1.54, 1.807) is 25.1 Å². The molecular formula is C18H19BrN2O5. The number of rotatable bonds is 6. The van der Waals surface area contributed by atoms with Gasteiger partial charge in [0.15, 0.2) is 0 Å². The Labute approximate surface area is 160 Å². The maximum Gasteiger partial charge on any atom is 0.338 e. The Morgan fingerprint density at radius 3 is 2.73 bits per heavy atom. The highest BCUT2D eigenvalue weighted by Crippen LogP contribution is 2.43. The van der Waals surface area contributed by atoms with Crippen LogP contribution in [-0.2, 0) is 19.0 Å². The Morgan fingerprint density at radius 1 is 1.42 bits per heavy atom. The van der Waals surface area contributed by atoms with Crippen LogP contribution in [0.25, 0.3) is 0 Å². The standard InChI is InChI=1S/C18H19BrN2O5/c1-4-25-18(22)16-14(9-23-2)26-17(21)12(8-20)15(16)11-7-10(19)5-6-13(11)24-3/h5-7,15H,4,9,21H2,1-3H3/t15-/m0/s1. The molecule has 8 heteroatoms. The van der Waals surface area contributed by atoms with Crippen molar-refractivity contribution in [3.05, 3.63) is 51.0 Å². The molecule has 0 saturated carbocycles. The number of nitriles is 1. The molecule has 0 amide bonds. The first-order valence-electron chi connectivity index (χ1n) is 7.78. The normalized spacial score (nSPS) is 16.8. The molecule has 1 aliphatic heterocycles. The third-order valence-corrected chi connectivity index (χ3v) is 4.26. The van der Waals surface area contributed by atoms with Crippen LogP contribution >= 0.6 is 15.9 Å². The predicted molar refractivity (Wildman–Crippen MR) is 96.9 cm³/mol. The lowest BCUT2D eigenvalue weighted by Crippen LogP contribution is -2.28. The van der Waals surface area contributed by atoms with E-state index in [9.17, 15) is 10.1 Å². The van der Waals surface area contributed by atoms with Gasteiger partial charge in [0.25, 0.3) is 0 Å². The molecule has 0 fully saturated rings. The maximum atomic E-state index is 12.7. The minimum atomic E-state index is -0.801. The van der Waals surface area contributed by atoms with Crippen molar-refractivity contribution in [1.82, 2.24) is 0 Å². The Balaban J connectivity index is 2.76. The van der Waals surface area contributed by atoms with Gasteiger partial charge in [-0.25, -0.2) is 4.79 Å². The van der Waals surface area contributed by atoms with Gasteiger partial charge in [-0.3, -0.25) is 0 Å². The van der Waals surface area contributed by atoms with Crippen molar-refractivity contribution in [2.24, 2.45) is 5.73 Å². The van der Waals surface area contributed by atoms with Crippen molar-refractivity contribution < 1.29 is 23.7 Å². The molecule has 1 heterocycles. The Hall–Kier alpha value is -2.50. The van der Waals surface area contributed by atoms with Crippen LogP contribution in [0, 0.1) is 11.3 Å². The molecular weight excluding hydrogens is 404 g/mol. The molecule has 7 nitrogen and oxygen atoms in total. The molecule has 26 heavy (non-hydrogen) atoms. The van der Waals surface area contributed by atoms with Crippen LogP contribution < -0.4 is 10.5 Å². The first-order valence-corrected chi connectivity index (χ1v) is 8.57. The summed E-state index contributed by atoms with van der Waals surface area (Å²) < 4.78 is 22.0. The summed E-state index contributed by atoms with van der Waals surface area (Å²) in [5.74, 6) is -0.787. The smallest absolute Gasteiger partial charge is 0.338 e. The lowest BCUT2D eigenvalue weighted by atomic mass is 9.82. The van der Waals surface area contributed by atoms with Gasteiger partial charge in [0.05, 0.1) is 25.2 Å². The van der Waals surface area contributed by atoms with Crippen molar-refractivity contribution in [3.63, 3.8) is 0 Å². The van der Waals surface area contributed by atoms with Crippen LogP contribution in [0.4, 0.5) is 0 Å². The summed E-state index contributed by atoms with van der Waals surface area (Å²) in [6.45, 7) is 1.87. The molecule has 1 atom stereocenters. The number of halogens is 1. The molecule has 138 valence electrons. The quantitative estimate of drug-likeness (QED) is 0.702. The zero-order valence-electron chi connectivity index (χ0n) is 14.7. The minimum Gasteiger partial charge on any atom is -0.496 e. The highest BCUT2D eigenvalue weighted by molar-refractivity contribution is 9.10. The summed E-state index contributed by atoms with van der Waals surface area (Å²) in [5.41, 5.74) is 6.79. The Morgan fingerprint density at radius 2 is 2.15 bits per heavy atom. The molecule has 0 spiro atoms. The van der Waals surface area contributed by atoms with Crippen LogP contribution in [0.15, 0.2) is 45.5 Å². The molecule has 2 N–H and O–H groups in total. The highest BCUT2D eigenvalue weighted by atomic mass is 79.9. The van der Waals surface area contributed by atoms with Crippen molar-refractivity contribution >= 4 is 21.9 Å². The van der Waals surface area contributed by atoms with Gasteiger partial charge in [-0.2, -0.15) is 5.26 Å². The van der Waals surface area contributed by atoms with E-state index < -0.39 is 11.9 Å². The number of allylic oxidation sites excluding steroid dienone is 1. The van der Waals surface area contributed by atoms with Gasteiger partial charge in [-0.1, -0.05) is 15.9 Å². The molecule has 1 aliphatic rings. The number of hydrogen-bond acceptors (Lipinski definition) is 7. The van der Waals surface area contributed by atoms with Gasteiger partial charge in [0, 0.05) is 17.1 Å². The number of ether oxygens (including phenoxy) is 4. The van der Waals surface area contributed by atoms with Crippen molar-refractivity contribution in [3.8, 4) is 11.8 Å². The van der Waals surface area contributed by atoms with E-state index in [0.29, 0.717) is 11.3 Å². The van der Waals surface area contributed by atoms with Gasteiger partial charge < -0.3 is 24.7 Å². The van der Waals surface area contributed by atoms with E-state index in [1.165, 1.54) is 14.2 Å². The molecule has 1 aromatic rings. The average molecular weight is 423 g/mol. The van der Waals surface area contributed by atoms with Gasteiger partial charge in [-0.05, 0) is 25.1 Å². The van der Waals surface area contributed by atoms with Crippen molar-refractivity contribution in [2.45, 2.75) is 12.8 Å². The predicted octanol–water partition coefficient (Wildman–Crippen LogP) is 2.73. The number of methoxy groups -OCH3 is 2. The minimum absolute atomic E-state index is 0.000372. The summed E-state index contributed by atoms with van der Waals surface area (Å²) in [4.78, 5) is 12.7. The number of carbonyl (C=O) groups excluding carboxylic acids is 1. The SMILES string of the molecule is CCOC(=O)C1=C(COC)OC(N)=C(C#N)[C@@H]1c1cc(Br)ccc1OC. The lowest BCUT2D eigenvalue weighted by Gasteiger charge is -2.28. The van der Waals surface area contributed by atoms with E-state index in [-0.39, 0.29) is 36.0 Å². The van der Waals surface area contributed by atoms with Crippen LogP contribution in [-0.4, -0.2) is 33.4 Å². The maximum absolute atomic E-state index is 12.7. The first kappa shape index (κ1) is 19.8. The monoisotopic (exact) mass is 422 g/mol. The summed E-state index contributed by atoms with van der Waals surface area (Å²) in [6, 6.07) is 7.34. The second-order valence-electron chi connectivity index (χ2n) is 5.30. The number of benzene rings is 1. The number of esters is 1. The molecule has 0 saturated heterocycles. The number of hydrogen-bond donors (Lipinski definition) is 1. The summed E-state index contributed by atoms with van der Waals surface area (Å²) in [7, 11) is 2.97. The van der Waals surface area contributed by atoms with Gasteiger partial charge in [0.2, 0.25) is 5.88 Å². The van der Waals surface area contributed by atoms with Crippen molar-refractivity contribution in [2.75, 3.05) is 27.4 Å². The molecule has 0 aromatic heterocycles. The summed E-state index contributed by atoms with van der Waals surface area (Å²) >= 11 is 3.41. The molecule has 0 aliphatic carbocycles. The Kier molecular flexibility index (Phi) is 6.66. The largest absolute Gasteiger partial charge is 0.496 e. The lowest BCUT2D eigenvalue weighted by molar-refractivity contribution is -0.139. The highest BCUT2D eigenvalue weighted by Gasteiger charge is 2.39. The first-order chi connectivity index (χ1) is 12.5. The molecule has 0 unspecified atom stereocenters. The van der Waals surface area contributed by atoms with Crippen LogP contribution in [0.5, 0.6) is 5.75 Å². The molecule has 0 bridgehead atoms. The molecule has 1 aromatic carbocycles. The third-order valence-electron chi connectivity index (χ3n) is 3.77. The fraction of sp³-hybridized carbons (Fsp3) is 0.333. The van der Waals surface area contributed by atoms with Gasteiger partial charge in [-0.15, -0.1) is 0 Å². The average Bonchev–Trinajstić information content (AvgIpc) is 2.61. The fourth-order valence-corrected chi connectivity index (χ4v) is 3.11. The van der Waals surface area contributed by atoms with E-state index >= 15 is 0 Å². The Bertz CT molecular complexity index is 810. The van der Waals surface area contributed by atoms with E-state index in [4.69, 9.17) is 24.7 Å². The number of nitrogens with two attached hydrogens (primary N) is 1. The van der Waals surface area contributed by atoms with E-state index in [1.807, 2.05) is 6.07 Å². The van der Waals surface area contributed by atoms with Gasteiger partial charge >= 0.3 is 5.97 Å². The third kappa shape index (κ3) is 3.84. The fourth-order valence-electron chi connectivity index (χ4n) is 2.73. The zero-order valence-corrected chi connectivity index (χ0v) is 16.3. The van der Waals surface area contributed by atoms with E-state index in [2.05, 4.69) is 15.9 Å². The van der Waals surface area contributed by atoms with Crippen LogP contribution in [0.1, 0.15) is 18.4 Å². The second kappa shape index (κ2) is 8.74. The summed E-state index contributed by atoms with van der Waals surface area (Å²) in [5, 5.41) is 9.65. The van der Waals surface area contributed by atoms with E-state index in [0.717, 1.165) is 4.47 Å². The zero-order chi connectivity index (χ0) is 19.3. The van der Waals surface area contributed by atoms with Crippen molar-refractivity contribution in [1.29, 1.82) is 5.26 Å². The number of nitrogens with zero attached hydrogens (tertiary/aromatic N) is 1. The second-order valence-corrected chi connectivity index (χ2v) is 6.22. The van der Waals surface area contributed by atoms with Gasteiger partial charge in [0.1, 0.15) is 29.8 Å².